The average molecular weight is 294 g/mol. The number of carbonyl (C=O) groups is 1. The van der Waals surface area contributed by atoms with E-state index in [-0.39, 0.29) is 12.1 Å². The number of nitrogens with zero attached hydrogens (tertiary/aromatic N) is 2. The molecule has 2 saturated heterocycles. The maximum Gasteiger partial charge on any atom is 0.410 e. The SMILES string of the molecule is C[C@H]1COC(=O)N1CC1(C2CCCCC2)CCN(C)CC1. The van der Waals surface area contributed by atoms with Crippen molar-refractivity contribution in [2.24, 2.45) is 11.3 Å². The van der Waals surface area contributed by atoms with E-state index in [1.807, 2.05) is 4.90 Å². The summed E-state index contributed by atoms with van der Waals surface area (Å²) in [4.78, 5) is 16.5. The Hall–Kier alpha value is -0.770. The molecule has 1 atom stereocenters. The molecule has 2 heterocycles. The molecule has 0 radical (unpaired) electrons. The van der Waals surface area contributed by atoms with E-state index < -0.39 is 0 Å². The van der Waals surface area contributed by atoms with Gasteiger partial charge in [-0.2, -0.15) is 0 Å². The van der Waals surface area contributed by atoms with Gasteiger partial charge in [0.25, 0.3) is 0 Å². The lowest BCUT2D eigenvalue weighted by Crippen LogP contribution is -2.51. The van der Waals surface area contributed by atoms with Crippen molar-refractivity contribution in [2.45, 2.75) is 57.9 Å². The molecule has 1 amide bonds. The van der Waals surface area contributed by atoms with Gasteiger partial charge in [0.15, 0.2) is 0 Å². The second-order valence-electron chi connectivity index (χ2n) is 7.55. The lowest BCUT2D eigenvalue weighted by Gasteiger charge is -2.49. The largest absolute Gasteiger partial charge is 0.447 e. The minimum atomic E-state index is -0.0865. The first-order chi connectivity index (χ1) is 10.1. The Bertz CT molecular complexity index is 371. The third-order valence-corrected chi connectivity index (χ3v) is 6.15. The molecule has 3 rings (SSSR count). The van der Waals surface area contributed by atoms with Crippen molar-refractivity contribution < 1.29 is 9.53 Å². The van der Waals surface area contributed by atoms with Gasteiger partial charge in [0.2, 0.25) is 0 Å². The van der Waals surface area contributed by atoms with Crippen LogP contribution in [-0.2, 0) is 4.74 Å². The van der Waals surface area contributed by atoms with Crippen LogP contribution in [0.15, 0.2) is 0 Å². The summed E-state index contributed by atoms with van der Waals surface area (Å²) in [5, 5.41) is 0. The molecule has 21 heavy (non-hydrogen) atoms. The Morgan fingerprint density at radius 2 is 1.86 bits per heavy atom. The summed E-state index contributed by atoms with van der Waals surface area (Å²) in [7, 11) is 2.22. The fraction of sp³-hybridized carbons (Fsp3) is 0.941. The number of hydrogen-bond acceptors (Lipinski definition) is 3. The van der Waals surface area contributed by atoms with E-state index in [4.69, 9.17) is 4.74 Å². The van der Waals surface area contributed by atoms with E-state index in [1.54, 1.807) is 0 Å². The maximum atomic E-state index is 12.0. The molecule has 3 fully saturated rings. The Morgan fingerprint density at radius 1 is 1.19 bits per heavy atom. The molecular formula is C17H30N2O2. The van der Waals surface area contributed by atoms with Crippen molar-refractivity contribution in [3.8, 4) is 0 Å². The third-order valence-electron chi connectivity index (χ3n) is 6.15. The summed E-state index contributed by atoms with van der Waals surface area (Å²) in [5.41, 5.74) is 0.338. The van der Waals surface area contributed by atoms with E-state index in [9.17, 15) is 4.79 Å². The van der Waals surface area contributed by atoms with Gasteiger partial charge in [-0.05, 0) is 64.1 Å². The summed E-state index contributed by atoms with van der Waals surface area (Å²) >= 11 is 0. The lowest BCUT2D eigenvalue weighted by molar-refractivity contribution is 0.0105. The fourth-order valence-electron chi connectivity index (χ4n) is 4.58. The van der Waals surface area contributed by atoms with Crippen molar-refractivity contribution in [2.75, 3.05) is 33.3 Å². The fourth-order valence-corrected chi connectivity index (χ4v) is 4.58. The Morgan fingerprint density at radius 3 is 2.43 bits per heavy atom. The monoisotopic (exact) mass is 294 g/mol. The molecule has 4 heteroatoms. The van der Waals surface area contributed by atoms with E-state index in [2.05, 4.69) is 18.9 Å². The summed E-state index contributed by atoms with van der Waals surface area (Å²) in [5.74, 6) is 0.806. The number of hydrogen-bond donors (Lipinski definition) is 0. The predicted molar refractivity (Wildman–Crippen MR) is 83.3 cm³/mol. The van der Waals surface area contributed by atoms with Crippen LogP contribution in [-0.4, -0.2) is 55.2 Å². The normalized spacial score (nSPS) is 31.4. The van der Waals surface area contributed by atoms with Crippen molar-refractivity contribution >= 4 is 6.09 Å². The number of piperidine rings is 1. The first-order valence-electron chi connectivity index (χ1n) is 8.73. The molecule has 0 bridgehead atoms. The van der Waals surface area contributed by atoms with Crippen molar-refractivity contribution in [1.29, 1.82) is 0 Å². The van der Waals surface area contributed by atoms with Crippen LogP contribution >= 0.6 is 0 Å². The topological polar surface area (TPSA) is 32.8 Å². The van der Waals surface area contributed by atoms with Gasteiger partial charge in [-0.25, -0.2) is 4.79 Å². The zero-order valence-electron chi connectivity index (χ0n) is 13.6. The number of ether oxygens (including phenoxy) is 1. The summed E-state index contributed by atoms with van der Waals surface area (Å²) in [6.45, 7) is 5.96. The van der Waals surface area contributed by atoms with Gasteiger partial charge in [-0.15, -0.1) is 0 Å². The van der Waals surface area contributed by atoms with Crippen LogP contribution in [0, 0.1) is 11.3 Å². The number of amides is 1. The van der Waals surface area contributed by atoms with Gasteiger partial charge in [0.05, 0.1) is 6.04 Å². The highest BCUT2D eigenvalue weighted by Gasteiger charge is 2.45. The van der Waals surface area contributed by atoms with E-state index in [0.717, 1.165) is 12.5 Å². The lowest BCUT2D eigenvalue weighted by atomic mass is 9.63. The highest BCUT2D eigenvalue weighted by molar-refractivity contribution is 5.70. The molecule has 0 N–H and O–H groups in total. The maximum absolute atomic E-state index is 12.0. The van der Waals surface area contributed by atoms with Gasteiger partial charge in [0.1, 0.15) is 6.61 Å². The summed E-state index contributed by atoms with van der Waals surface area (Å²) in [6.07, 6.45) is 9.27. The standard InChI is InChI=1S/C17H30N2O2/c1-14-12-21-16(20)19(14)13-17(8-10-18(2)11-9-17)15-6-4-3-5-7-15/h14-15H,3-13H2,1-2H3/t14-/m0/s1. The van der Waals surface area contributed by atoms with Crippen LogP contribution in [0.1, 0.15) is 51.9 Å². The van der Waals surface area contributed by atoms with Crippen LogP contribution < -0.4 is 0 Å². The van der Waals surface area contributed by atoms with Gasteiger partial charge >= 0.3 is 6.09 Å². The molecule has 0 aromatic heterocycles. The zero-order valence-corrected chi connectivity index (χ0v) is 13.6. The van der Waals surface area contributed by atoms with Crippen molar-refractivity contribution in [1.82, 2.24) is 9.80 Å². The van der Waals surface area contributed by atoms with Crippen LogP contribution in [0.4, 0.5) is 4.79 Å². The third kappa shape index (κ3) is 3.05. The first kappa shape index (κ1) is 15.1. The molecule has 1 saturated carbocycles. The van der Waals surface area contributed by atoms with Crippen LogP contribution in [0.3, 0.4) is 0 Å². The number of rotatable bonds is 3. The molecular weight excluding hydrogens is 264 g/mol. The smallest absolute Gasteiger partial charge is 0.410 e. The molecule has 120 valence electrons. The Kier molecular flexibility index (Phi) is 4.43. The Labute approximate surface area is 128 Å². The van der Waals surface area contributed by atoms with Gasteiger partial charge in [-0.3, -0.25) is 0 Å². The molecule has 0 aromatic carbocycles. The van der Waals surface area contributed by atoms with Crippen LogP contribution in [0.2, 0.25) is 0 Å². The van der Waals surface area contributed by atoms with E-state index in [1.165, 1.54) is 58.0 Å². The molecule has 0 aromatic rings. The predicted octanol–water partition coefficient (Wildman–Crippen LogP) is 3.12. The summed E-state index contributed by atoms with van der Waals surface area (Å²) in [6, 6.07) is 0.248. The van der Waals surface area contributed by atoms with Crippen LogP contribution in [0.5, 0.6) is 0 Å². The molecule has 4 nitrogen and oxygen atoms in total. The number of cyclic esters (lactones) is 1. The number of likely N-dealkylation sites (tertiary alicyclic amines) is 1. The minimum Gasteiger partial charge on any atom is -0.447 e. The zero-order chi connectivity index (χ0) is 14.9. The van der Waals surface area contributed by atoms with Crippen molar-refractivity contribution in [3.05, 3.63) is 0 Å². The molecule has 2 aliphatic heterocycles. The second kappa shape index (κ2) is 6.15. The summed E-state index contributed by atoms with van der Waals surface area (Å²) < 4.78 is 5.25. The minimum absolute atomic E-state index is 0.0865. The van der Waals surface area contributed by atoms with Gasteiger partial charge in [0, 0.05) is 6.54 Å². The van der Waals surface area contributed by atoms with E-state index >= 15 is 0 Å². The van der Waals surface area contributed by atoms with Gasteiger partial charge in [-0.1, -0.05) is 19.3 Å². The van der Waals surface area contributed by atoms with Gasteiger partial charge < -0.3 is 14.5 Å². The molecule has 0 unspecified atom stereocenters. The average Bonchev–Trinajstić information content (AvgIpc) is 2.82. The highest BCUT2D eigenvalue weighted by atomic mass is 16.6. The van der Waals surface area contributed by atoms with E-state index in [0.29, 0.717) is 12.0 Å². The number of carbonyl (C=O) groups excluding carboxylic acids is 1. The highest BCUT2D eigenvalue weighted by Crippen LogP contribution is 2.46. The Balaban J connectivity index is 1.76. The molecule has 1 aliphatic carbocycles. The molecule has 0 spiro atoms. The molecule has 3 aliphatic rings. The quantitative estimate of drug-likeness (QED) is 0.802. The van der Waals surface area contributed by atoms with Crippen molar-refractivity contribution in [3.63, 3.8) is 0 Å². The second-order valence-corrected chi connectivity index (χ2v) is 7.55. The van der Waals surface area contributed by atoms with Crippen LogP contribution in [0.25, 0.3) is 0 Å². The first-order valence-corrected chi connectivity index (χ1v) is 8.73.